The fraction of sp³-hybridized carbons (Fsp3) is 0.250. The number of amides is 1. The second-order valence-corrected chi connectivity index (χ2v) is 8.20. The molecule has 3 aromatic rings. The van der Waals surface area contributed by atoms with Crippen LogP contribution in [0.4, 0.5) is 5.82 Å². The van der Waals surface area contributed by atoms with Gasteiger partial charge in [0.1, 0.15) is 12.4 Å². The molecule has 8 heteroatoms. The van der Waals surface area contributed by atoms with Gasteiger partial charge in [-0.1, -0.05) is 35.3 Å². The summed E-state index contributed by atoms with van der Waals surface area (Å²) in [5, 5.41) is 1.10. The number of aromatic nitrogens is 1. The summed E-state index contributed by atoms with van der Waals surface area (Å²) in [4.78, 5) is 21.5. The van der Waals surface area contributed by atoms with Gasteiger partial charge in [0.2, 0.25) is 0 Å². The average molecular weight is 472 g/mol. The molecule has 0 N–H and O–H groups in total. The van der Waals surface area contributed by atoms with Crippen molar-refractivity contribution in [2.75, 3.05) is 38.2 Å². The average Bonchev–Trinajstić information content (AvgIpc) is 2.83. The number of hydrogen-bond donors (Lipinski definition) is 0. The molecule has 1 aliphatic heterocycles. The Hall–Kier alpha value is -2.96. The lowest BCUT2D eigenvalue weighted by Gasteiger charge is -2.35. The first kappa shape index (κ1) is 22.2. The fourth-order valence-electron chi connectivity index (χ4n) is 3.58. The van der Waals surface area contributed by atoms with E-state index < -0.39 is 0 Å². The lowest BCUT2D eigenvalue weighted by atomic mass is 10.1. The highest BCUT2D eigenvalue weighted by Crippen LogP contribution is 2.31. The highest BCUT2D eigenvalue weighted by molar-refractivity contribution is 6.35. The van der Waals surface area contributed by atoms with E-state index in [0.717, 1.165) is 24.5 Å². The van der Waals surface area contributed by atoms with Gasteiger partial charge in [-0.15, -0.1) is 0 Å². The summed E-state index contributed by atoms with van der Waals surface area (Å²) in [5.74, 6) is 1.93. The van der Waals surface area contributed by atoms with Gasteiger partial charge in [0, 0.05) is 53.5 Å². The number of anilines is 1. The fourth-order valence-corrected chi connectivity index (χ4v) is 4.04. The Balaban J connectivity index is 1.40. The third-order valence-electron chi connectivity index (χ3n) is 5.35. The summed E-state index contributed by atoms with van der Waals surface area (Å²) in [7, 11) is 1.55. The summed E-state index contributed by atoms with van der Waals surface area (Å²) >= 11 is 12.2. The van der Waals surface area contributed by atoms with Crippen LogP contribution < -0.4 is 14.4 Å². The van der Waals surface area contributed by atoms with Crippen molar-refractivity contribution in [3.05, 3.63) is 82.0 Å². The molecule has 2 aromatic carbocycles. The van der Waals surface area contributed by atoms with E-state index >= 15 is 0 Å². The highest BCUT2D eigenvalue weighted by atomic mass is 35.5. The normalized spacial score (nSPS) is 13.7. The molecule has 4 rings (SSSR count). The van der Waals surface area contributed by atoms with Crippen molar-refractivity contribution in [2.24, 2.45) is 0 Å². The summed E-state index contributed by atoms with van der Waals surface area (Å²) in [6.07, 6.45) is 1.78. The number of benzene rings is 2. The van der Waals surface area contributed by atoms with Gasteiger partial charge in [0.05, 0.1) is 7.11 Å². The first-order chi connectivity index (χ1) is 15.5. The van der Waals surface area contributed by atoms with Crippen molar-refractivity contribution < 1.29 is 14.3 Å². The zero-order valence-corrected chi connectivity index (χ0v) is 19.1. The first-order valence-electron chi connectivity index (χ1n) is 10.2. The van der Waals surface area contributed by atoms with Crippen LogP contribution >= 0.6 is 23.2 Å². The van der Waals surface area contributed by atoms with Crippen LogP contribution in [0.15, 0.2) is 60.8 Å². The maximum Gasteiger partial charge on any atom is 0.254 e. The van der Waals surface area contributed by atoms with Crippen LogP contribution in [0.2, 0.25) is 10.0 Å². The molecular weight excluding hydrogens is 449 g/mol. The molecule has 0 radical (unpaired) electrons. The second kappa shape index (κ2) is 10.1. The summed E-state index contributed by atoms with van der Waals surface area (Å²) in [5.41, 5.74) is 1.37. The van der Waals surface area contributed by atoms with Gasteiger partial charge in [-0.05, 0) is 42.5 Å². The van der Waals surface area contributed by atoms with Crippen molar-refractivity contribution in [3.63, 3.8) is 0 Å². The lowest BCUT2D eigenvalue weighted by molar-refractivity contribution is 0.0746. The zero-order chi connectivity index (χ0) is 22.5. The third kappa shape index (κ3) is 5.09. The van der Waals surface area contributed by atoms with Crippen LogP contribution in [0.25, 0.3) is 0 Å². The Bertz CT molecular complexity index is 1090. The number of rotatable bonds is 6. The molecule has 1 saturated heterocycles. The van der Waals surface area contributed by atoms with Crippen LogP contribution in [0, 0.1) is 0 Å². The number of methoxy groups -OCH3 is 1. The molecular formula is C24H23Cl2N3O3. The topological polar surface area (TPSA) is 54.9 Å². The predicted molar refractivity (Wildman–Crippen MR) is 126 cm³/mol. The quantitative estimate of drug-likeness (QED) is 0.509. The van der Waals surface area contributed by atoms with E-state index in [2.05, 4.69) is 9.88 Å². The standard InChI is InChI=1S/C24H23Cl2N3O3/c1-31-22-14-17(6-8-21(22)32-16-18-5-7-19(25)15-20(18)26)24(30)29-12-10-28(11-13-29)23-4-2-3-9-27-23/h2-9,14-15H,10-13,16H2,1H3. The molecule has 1 fully saturated rings. The van der Waals surface area contributed by atoms with E-state index in [4.69, 9.17) is 32.7 Å². The van der Waals surface area contributed by atoms with Gasteiger partial charge >= 0.3 is 0 Å². The minimum atomic E-state index is -0.0312. The van der Waals surface area contributed by atoms with E-state index in [1.807, 2.05) is 29.2 Å². The van der Waals surface area contributed by atoms with Gasteiger partial charge in [-0.2, -0.15) is 0 Å². The van der Waals surface area contributed by atoms with Crippen LogP contribution in [0.1, 0.15) is 15.9 Å². The molecule has 0 aliphatic carbocycles. The largest absolute Gasteiger partial charge is 0.493 e. The minimum Gasteiger partial charge on any atom is -0.493 e. The van der Waals surface area contributed by atoms with Crippen molar-refractivity contribution in [1.29, 1.82) is 0 Å². The molecule has 0 spiro atoms. The maximum atomic E-state index is 13.0. The van der Waals surface area contributed by atoms with Crippen molar-refractivity contribution in [1.82, 2.24) is 9.88 Å². The van der Waals surface area contributed by atoms with Crippen LogP contribution in [0.5, 0.6) is 11.5 Å². The van der Waals surface area contributed by atoms with Gasteiger partial charge in [-0.25, -0.2) is 4.98 Å². The Labute approximate surface area is 197 Å². The van der Waals surface area contributed by atoms with E-state index in [1.54, 1.807) is 43.6 Å². The Kier molecular flexibility index (Phi) is 7.02. The molecule has 0 bridgehead atoms. The zero-order valence-electron chi connectivity index (χ0n) is 17.6. The van der Waals surface area contributed by atoms with E-state index in [1.165, 1.54) is 0 Å². The van der Waals surface area contributed by atoms with Gasteiger partial charge in [0.15, 0.2) is 11.5 Å². The SMILES string of the molecule is COc1cc(C(=O)N2CCN(c3ccccn3)CC2)ccc1OCc1ccc(Cl)cc1Cl. The number of nitrogens with zero attached hydrogens (tertiary/aromatic N) is 3. The van der Waals surface area contributed by atoms with Gasteiger partial charge < -0.3 is 19.3 Å². The van der Waals surface area contributed by atoms with E-state index in [0.29, 0.717) is 40.2 Å². The summed E-state index contributed by atoms with van der Waals surface area (Å²) in [6.45, 7) is 3.00. The summed E-state index contributed by atoms with van der Waals surface area (Å²) < 4.78 is 11.4. The minimum absolute atomic E-state index is 0.0312. The lowest BCUT2D eigenvalue weighted by Crippen LogP contribution is -2.49. The molecule has 0 saturated carbocycles. The number of piperazine rings is 1. The number of ether oxygens (including phenoxy) is 2. The smallest absolute Gasteiger partial charge is 0.254 e. The van der Waals surface area contributed by atoms with E-state index in [-0.39, 0.29) is 12.5 Å². The molecule has 6 nitrogen and oxygen atoms in total. The Morgan fingerprint density at radius 2 is 1.81 bits per heavy atom. The van der Waals surface area contributed by atoms with E-state index in [9.17, 15) is 4.79 Å². The third-order valence-corrected chi connectivity index (χ3v) is 5.94. The Morgan fingerprint density at radius 1 is 1.00 bits per heavy atom. The summed E-state index contributed by atoms with van der Waals surface area (Å²) in [6, 6.07) is 16.3. The molecule has 32 heavy (non-hydrogen) atoms. The second-order valence-electron chi connectivity index (χ2n) is 7.36. The monoisotopic (exact) mass is 471 g/mol. The van der Waals surface area contributed by atoms with Crippen molar-refractivity contribution in [2.45, 2.75) is 6.61 Å². The number of carbonyl (C=O) groups is 1. The number of pyridine rings is 1. The number of hydrogen-bond acceptors (Lipinski definition) is 5. The number of halogens is 2. The van der Waals surface area contributed by atoms with Gasteiger partial charge in [-0.3, -0.25) is 4.79 Å². The van der Waals surface area contributed by atoms with Crippen molar-refractivity contribution in [3.8, 4) is 11.5 Å². The van der Waals surface area contributed by atoms with Crippen LogP contribution in [-0.2, 0) is 6.61 Å². The highest BCUT2D eigenvalue weighted by Gasteiger charge is 2.23. The first-order valence-corrected chi connectivity index (χ1v) is 11.0. The molecule has 1 amide bonds. The van der Waals surface area contributed by atoms with Crippen LogP contribution in [0.3, 0.4) is 0 Å². The molecule has 166 valence electrons. The molecule has 0 unspecified atom stereocenters. The van der Waals surface area contributed by atoms with Crippen LogP contribution in [-0.4, -0.2) is 49.1 Å². The molecule has 2 heterocycles. The van der Waals surface area contributed by atoms with Gasteiger partial charge in [0.25, 0.3) is 5.91 Å². The maximum absolute atomic E-state index is 13.0. The molecule has 1 aliphatic rings. The van der Waals surface area contributed by atoms with Crippen molar-refractivity contribution >= 4 is 34.9 Å². The number of carbonyl (C=O) groups excluding carboxylic acids is 1. The molecule has 0 atom stereocenters. The predicted octanol–water partition coefficient (Wildman–Crippen LogP) is 4.94. The molecule has 1 aromatic heterocycles. The Morgan fingerprint density at radius 3 is 2.50 bits per heavy atom.